The Morgan fingerprint density at radius 2 is 1.11 bits per heavy atom. The molecule has 0 aromatic heterocycles. The maximum absolute atomic E-state index is 11.8. The molecule has 0 aliphatic heterocycles. The summed E-state index contributed by atoms with van der Waals surface area (Å²) in [5, 5.41) is -0.481. The molecule has 0 atom stereocenters. The summed E-state index contributed by atoms with van der Waals surface area (Å²) in [4.78, 5) is -4.38. The van der Waals surface area contributed by atoms with Gasteiger partial charge in [-0.25, -0.2) is 0 Å². The van der Waals surface area contributed by atoms with E-state index in [2.05, 4.69) is 6.58 Å². The molecular weight excluding hydrogens is 442 g/mol. The Hall–Kier alpha value is 0.170. The van der Waals surface area contributed by atoms with Crippen LogP contribution in [0.15, 0.2) is 45.5 Å². The van der Waals surface area contributed by atoms with Gasteiger partial charge < -0.3 is 0 Å². The van der Waals surface area contributed by atoms with E-state index in [0.717, 1.165) is 6.07 Å². The van der Waals surface area contributed by atoms with E-state index in [1.165, 1.54) is 25.1 Å². The second-order valence-electron chi connectivity index (χ2n) is 5.11. The Morgan fingerprint density at radius 3 is 1.44 bits per heavy atom. The summed E-state index contributed by atoms with van der Waals surface area (Å²) < 4.78 is 99.0. The van der Waals surface area contributed by atoms with Gasteiger partial charge in [0, 0.05) is 10.9 Å². The van der Waals surface area contributed by atoms with Crippen LogP contribution in [0.5, 0.6) is 0 Å². The Morgan fingerprint density at radius 1 is 0.741 bits per heavy atom. The van der Waals surface area contributed by atoms with Gasteiger partial charge in [-0.3, -0.25) is 13.7 Å². The van der Waals surface area contributed by atoms with Gasteiger partial charge >= 0.3 is 59.1 Å². The summed E-state index contributed by atoms with van der Waals surface area (Å²) in [6.45, 7) is 4.79. The number of hydrogen-bond acceptors (Lipinski definition) is 6. The van der Waals surface area contributed by atoms with Crippen LogP contribution in [-0.4, -0.2) is 98.0 Å². The molecule has 0 bridgehead atoms. The molecule has 9 nitrogen and oxygen atoms in total. The number of hydrogen-bond donors (Lipinski definition) is 3. The van der Waals surface area contributed by atoms with Crippen LogP contribution in [0.3, 0.4) is 0 Å². The quantitative estimate of drug-likeness (QED) is 0.434. The molecule has 2 aromatic rings. The van der Waals surface area contributed by atoms with Gasteiger partial charge in [0.1, 0.15) is 14.7 Å². The van der Waals surface area contributed by atoms with Gasteiger partial charge in [-0.2, -0.15) is 25.3 Å². The van der Waals surface area contributed by atoms with Crippen LogP contribution < -0.4 is 0 Å². The molecule has 0 saturated heterocycles. The van der Waals surface area contributed by atoms with Crippen molar-refractivity contribution in [3.8, 4) is 0 Å². The summed E-state index contributed by atoms with van der Waals surface area (Å²) in [5.41, 5.74) is -0.436. The van der Waals surface area contributed by atoms with Gasteiger partial charge in [-0.15, -0.1) is 0 Å². The van der Waals surface area contributed by atoms with Crippen molar-refractivity contribution in [2.45, 2.75) is 21.6 Å². The van der Waals surface area contributed by atoms with E-state index in [-0.39, 0.29) is 75.5 Å². The summed E-state index contributed by atoms with van der Waals surface area (Å²) in [5.74, 6) is 0. The summed E-state index contributed by atoms with van der Waals surface area (Å²) in [6.07, 6.45) is 0. The molecule has 3 N–H and O–H groups in total. The van der Waals surface area contributed by atoms with Crippen LogP contribution >= 0.6 is 0 Å². The first kappa shape index (κ1) is 27.2. The van der Waals surface area contributed by atoms with E-state index in [0.29, 0.717) is 0 Å². The average molecular weight is 456 g/mol. The van der Waals surface area contributed by atoms with Crippen molar-refractivity contribution in [3.05, 3.63) is 36.4 Å². The Bertz CT molecular complexity index is 1230. The monoisotopic (exact) mass is 456 g/mol. The SMILES string of the molecule is C=C(C)c1c(S(=O)(=O)O)c(S(=O)(=O)O)c(S(=O)(=O)O)c2ccccc12.[NaH].[NaH]. The van der Waals surface area contributed by atoms with Gasteiger partial charge in [-0.05, 0) is 17.9 Å². The molecule has 140 valence electrons. The zero-order valence-electron chi connectivity index (χ0n) is 12.5. The molecule has 0 fully saturated rings. The number of rotatable bonds is 4. The first-order valence-corrected chi connectivity index (χ1v) is 10.7. The zero-order chi connectivity index (χ0) is 19.4. The fourth-order valence-electron chi connectivity index (χ4n) is 2.52. The van der Waals surface area contributed by atoms with E-state index in [9.17, 15) is 38.9 Å². The molecule has 14 heteroatoms. The third kappa shape index (κ3) is 5.41. The molecule has 0 unspecified atom stereocenters. The molecule has 2 aromatic carbocycles. The van der Waals surface area contributed by atoms with Crippen LogP contribution in [-0.2, 0) is 30.4 Å². The predicted octanol–water partition coefficient (Wildman–Crippen LogP) is 0.316. The fourth-order valence-corrected chi connectivity index (χ4v) is 6.20. The summed E-state index contributed by atoms with van der Waals surface area (Å²) in [6, 6.07) is 5.05. The Labute approximate surface area is 200 Å². The minimum atomic E-state index is -5.50. The van der Waals surface area contributed by atoms with Gasteiger partial charge in [0.25, 0.3) is 30.4 Å². The molecule has 0 heterocycles. The molecule has 0 amide bonds. The van der Waals surface area contributed by atoms with Crippen molar-refractivity contribution < 1.29 is 38.9 Å². The van der Waals surface area contributed by atoms with Crippen LogP contribution in [0.4, 0.5) is 0 Å². The Kier molecular flexibility index (Phi) is 8.95. The molecule has 0 aliphatic carbocycles. The van der Waals surface area contributed by atoms with Crippen molar-refractivity contribution in [3.63, 3.8) is 0 Å². The second kappa shape index (κ2) is 8.90. The average Bonchev–Trinajstić information content (AvgIpc) is 2.41. The molecule has 2 rings (SSSR count). The van der Waals surface area contributed by atoms with Crippen molar-refractivity contribution in [1.29, 1.82) is 0 Å². The van der Waals surface area contributed by atoms with Gasteiger partial charge in [-0.1, -0.05) is 30.8 Å². The van der Waals surface area contributed by atoms with Gasteiger partial charge in [0.15, 0.2) is 0 Å². The van der Waals surface area contributed by atoms with E-state index in [4.69, 9.17) is 0 Å². The topological polar surface area (TPSA) is 163 Å². The predicted molar refractivity (Wildman–Crippen MR) is 102 cm³/mol. The zero-order valence-corrected chi connectivity index (χ0v) is 15.0. The molecule has 0 aliphatic rings. The van der Waals surface area contributed by atoms with E-state index >= 15 is 0 Å². The van der Waals surface area contributed by atoms with E-state index in [1.54, 1.807) is 0 Å². The van der Waals surface area contributed by atoms with Crippen molar-refractivity contribution in [2.24, 2.45) is 0 Å². The molecule has 0 saturated carbocycles. The molecule has 0 radical (unpaired) electrons. The van der Waals surface area contributed by atoms with E-state index < -0.39 is 50.6 Å². The third-order valence-corrected chi connectivity index (χ3v) is 6.33. The van der Waals surface area contributed by atoms with Gasteiger partial charge in [0.2, 0.25) is 0 Å². The molecular formula is C13H14Na2O9S3. The fraction of sp³-hybridized carbons (Fsp3) is 0.0769. The van der Waals surface area contributed by atoms with E-state index in [1.807, 2.05) is 0 Å². The maximum atomic E-state index is 11.8. The van der Waals surface area contributed by atoms with Crippen molar-refractivity contribution in [1.82, 2.24) is 0 Å². The van der Waals surface area contributed by atoms with Crippen LogP contribution in [0.25, 0.3) is 16.3 Å². The molecule has 0 spiro atoms. The normalized spacial score (nSPS) is 12.1. The van der Waals surface area contributed by atoms with Gasteiger partial charge in [0.05, 0.1) is 0 Å². The van der Waals surface area contributed by atoms with Crippen molar-refractivity contribution in [2.75, 3.05) is 0 Å². The van der Waals surface area contributed by atoms with Crippen LogP contribution in [0.1, 0.15) is 12.5 Å². The third-order valence-electron chi connectivity index (χ3n) is 3.28. The minimum absolute atomic E-state index is 0. The molecule has 27 heavy (non-hydrogen) atoms. The Balaban J connectivity index is 0.00000338. The number of allylic oxidation sites excluding steroid dienone is 1. The summed E-state index contributed by atoms with van der Waals surface area (Å²) >= 11 is 0. The second-order valence-corrected chi connectivity index (χ2v) is 9.19. The number of fused-ring (bicyclic) bond motifs is 1. The first-order valence-electron chi connectivity index (χ1n) is 6.34. The first-order chi connectivity index (χ1) is 11.2. The van der Waals surface area contributed by atoms with Crippen molar-refractivity contribution >= 4 is 106 Å². The van der Waals surface area contributed by atoms with Crippen LogP contribution in [0, 0.1) is 0 Å². The standard InChI is InChI=1S/C13H12O9S3.2Na.2H/c1-7(2)10-8-5-3-4-6-9(8)11(23(14,15)16)13(25(20,21)22)12(10)24(17,18)19;;;;/h3-6H,1H2,2H3,(H,14,15,16)(H,17,18,19)(H,20,21,22);;;;. The number of benzene rings is 2. The van der Waals surface area contributed by atoms with Crippen LogP contribution in [0.2, 0.25) is 0 Å². The summed E-state index contributed by atoms with van der Waals surface area (Å²) in [7, 11) is -16.2.